The monoisotopic (exact) mass is 721 g/mol. The van der Waals surface area contributed by atoms with Crippen LogP contribution >= 0.6 is 22.6 Å². The molecule has 2 saturated heterocycles. The molecule has 0 aromatic rings. The van der Waals surface area contributed by atoms with Gasteiger partial charge in [0.1, 0.15) is 0 Å². The standard InChI is InChI=1S/C20H35I3O4/c1-15-10-26-19(5,27-11-15)23-16-24-12-18(4,13-25-16)20(22-14-21)8-6-17(2,3)7-9-20/h15-16H,6-14H2,1-5H3/q-2/p+1. The quantitative estimate of drug-likeness (QED) is 0.190. The van der Waals surface area contributed by atoms with Crippen LogP contribution in [0, 0.1) is 16.7 Å². The molecule has 2 heterocycles. The molecule has 4 nitrogen and oxygen atoms in total. The Labute approximate surface area is 199 Å². The number of rotatable bonds is 5. The summed E-state index contributed by atoms with van der Waals surface area (Å²) in [6.45, 7) is 15.0. The van der Waals surface area contributed by atoms with Gasteiger partial charge in [-0.05, 0) is 0 Å². The average Bonchev–Trinajstić information content (AvgIpc) is 2.62. The molecule has 2 aliphatic heterocycles. The Balaban J connectivity index is 1.60. The predicted molar refractivity (Wildman–Crippen MR) is 108 cm³/mol. The summed E-state index contributed by atoms with van der Waals surface area (Å²) >= 11 is 2.30. The van der Waals surface area contributed by atoms with Crippen molar-refractivity contribution in [3.05, 3.63) is 0 Å². The fourth-order valence-corrected chi connectivity index (χ4v) is 13.4. The number of hydrogen-bond donors (Lipinski definition) is 0. The molecule has 0 amide bonds. The van der Waals surface area contributed by atoms with Crippen molar-refractivity contribution >= 4 is 22.6 Å². The summed E-state index contributed by atoms with van der Waals surface area (Å²) < 4.78 is 25.0. The SMILES string of the molecule is CC1COC(C)([I-]C2OCC(C)(C3([I-]CI)CCC(C)(C)CC3)CO2)[OH+]C1. The van der Waals surface area contributed by atoms with Crippen LogP contribution in [-0.2, 0) is 14.2 Å². The normalized spacial score (nSPS) is 42.3. The summed E-state index contributed by atoms with van der Waals surface area (Å²) in [5.41, 5.74) is 0.674. The minimum atomic E-state index is -0.448. The first-order chi connectivity index (χ1) is 12.6. The molecule has 0 aromatic heterocycles. The summed E-state index contributed by atoms with van der Waals surface area (Å²) in [7, 11) is 0. The van der Waals surface area contributed by atoms with Crippen molar-refractivity contribution in [3.8, 4) is 0 Å². The van der Waals surface area contributed by atoms with E-state index in [0.29, 0.717) is 14.8 Å². The first-order valence-electron chi connectivity index (χ1n) is 9.98. The number of alkyl halides is 5. The number of aliphatic hydroxyl groups is 2. The van der Waals surface area contributed by atoms with Gasteiger partial charge in [0, 0.05) is 0 Å². The summed E-state index contributed by atoms with van der Waals surface area (Å²) in [5.74, 6) is 0.534. The molecule has 3 fully saturated rings. The Bertz CT molecular complexity index is 487. The van der Waals surface area contributed by atoms with Crippen molar-refractivity contribution in [2.24, 2.45) is 16.7 Å². The molecular weight excluding hydrogens is 685 g/mol. The predicted octanol–water partition coefficient (Wildman–Crippen LogP) is -1.90. The molecule has 0 radical (unpaired) electrons. The Morgan fingerprint density at radius 2 is 1.67 bits per heavy atom. The van der Waals surface area contributed by atoms with Crippen LogP contribution in [0.4, 0.5) is 0 Å². The zero-order valence-electron chi connectivity index (χ0n) is 17.3. The van der Waals surface area contributed by atoms with Crippen LogP contribution in [0.3, 0.4) is 0 Å². The molecule has 0 spiro atoms. The maximum absolute atomic E-state index is 6.37. The zero-order chi connectivity index (χ0) is 19.8. The van der Waals surface area contributed by atoms with Crippen LogP contribution in [-0.4, -0.2) is 45.1 Å². The van der Waals surface area contributed by atoms with Gasteiger partial charge in [-0.1, -0.05) is 0 Å². The van der Waals surface area contributed by atoms with Crippen LogP contribution in [0.5, 0.6) is 0 Å². The van der Waals surface area contributed by atoms with Gasteiger partial charge in [-0.2, -0.15) is 0 Å². The molecule has 0 aromatic carbocycles. The van der Waals surface area contributed by atoms with E-state index < -0.39 is 21.2 Å². The van der Waals surface area contributed by atoms with E-state index in [4.69, 9.17) is 18.9 Å². The fraction of sp³-hybridized carbons (Fsp3) is 1.00. The molecule has 1 aliphatic carbocycles. The molecule has 2 atom stereocenters. The van der Waals surface area contributed by atoms with E-state index in [0.717, 1.165) is 26.4 Å². The Hall–Kier alpha value is 2.03. The zero-order valence-corrected chi connectivity index (χ0v) is 23.8. The van der Waals surface area contributed by atoms with E-state index >= 15 is 0 Å². The first-order valence-corrected chi connectivity index (χ1v) is 16.4. The van der Waals surface area contributed by atoms with Gasteiger partial charge in [-0.15, -0.1) is 0 Å². The molecule has 2 unspecified atom stereocenters. The number of ether oxygens (including phenoxy) is 4. The molecule has 0 bridgehead atoms. The van der Waals surface area contributed by atoms with Gasteiger partial charge in [0.15, 0.2) is 0 Å². The molecule has 27 heavy (non-hydrogen) atoms. The van der Waals surface area contributed by atoms with Gasteiger partial charge in [0.2, 0.25) is 0 Å². The van der Waals surface area contributed by atoms with E-state index in [-0.39, 0.29) is 34.7 Å². The van der Waals surface area contributed by atoms with Crippen LogP contribution in [0.1, 0.15) is 60.3 Å². The van der Waals surface area contributed by atoms with Crippen molar-refractivity contribution in [1.29, 1.82) is 0 Å². The third-order valence-corrected chi connectivity index (χ3v) is 15.6. The second-order valence-electron chi connectivity index (χ2n) is 9.56. The van der Waals surface area contributed by atoms with Gasteiger partial charge >= 0.3 is 201 Å². The summed E-state index contributed by atoms with van der Waals surface area (Å²) in [4.78, 5) is 0. The van der Waals surface area contributed by atoms with Crippen molar-refractivity contribution in [2.45, 2.75) is 71.8 Å². The summed E-state index contributed by atoms with van der Waals surface area (Å²) in [6, 6.07) is 0. The topological polar surface area (TPSA) is 40.5 Å². The van der Waals surface area contributed by atoms with Crippen LogP contribution < -0.4 is 42.4 Å². The maximum atomic E-state index is 6.37. The second-order valence-corrected chi connectivity index (χ2v) is 20.5. The fourth-order valence-electron chi connectivity index (χ4n) is 4.17. The first kappa shape index (κ1) is 23.7. The molecule has 162 valence electrons. The van der Waals surface area contributed by atoms with Crippen molar-refractivity contribution in [3.63, 3.8) is 0 Å². The van der Waals surface area contributed by atoms with Gasteiger partial charge in [-0.25, -0.2) is 0 Å². The van der Waals surface area contributed by atoms with Crippen molar-refractivity contribution < 1.29 is 61.4 Å². The summed E-state index contributed by atoms with van der Waals surface area (Å²) in [5, 5.41) is 0. The molecule has 3 rings (SSSR count). The van der Waals surface area contributed by atoms with Gasteiger partial charge in [-0.3, -0.25) is 0 Å². The van der Waals surface area contributed by atoms with Gasteiger partial charge in [0.25, 0.3) is 0 Å². The molecule has 1 saturated carbocycles. The van der Waals surface area contributed by atoms with Crippen molar-refractivity contribution in [2.75, 3.05) is 28.9 Å². The second kappa shape index (κ2) is 9.26. The van der Waals surface area contributed by atoms with Gasteiger partial charge < -0.3 is 0 Å². The average molecular weight is 721 g/mol. The minimum absolute atomic E-state index is 0.0751. The van der Waals surface area contributed by atoms with E-state index in [1.165, 1.54) is 28.1 Å². The Morgan fingerprint density at radius 3 is 2.19 bits per heavy atom. The summed E-state index contributed by atoms with van der Waals surface area (Å²) in [6.07, 6.45) is 5.40. The van der Waals surface area contributed by atoms with E-state index in [1.807, 2.05) is 0 Å². The van der Waals surface area contributed by atoms with E-state index in [2.05, 4.69) is 57.2 Å². The van der Waals surface area contributed by atoms with Crippen LogP contribution in [0.15, 0.2) is 0 Å². The number of halogens is 3. The van der Waals surface area contributed by atoms with E-state index in [9.17, 15) is 0 Å². The van der Waals surface area contributed by atoms with Crippen LogP contribution in [0.2, 0.25) is 0 Å². The number of hydrogen-bond acceptors (Lipinski definition) is 3. The molecule has 7 heteroatoms. The third-order valence-electron chi connectivity index (χ3n) is 6.46. The Morgan fingerprint density at radius 1 is 1.04 bits per heavy atom. The van der Waals surface area contributed by atoms with Gasteiger partial charge in [0.05, 0.1) is 0 Å². The molecule has 1 N–H and O–H groups in total. The molecular formula is C20H36I3O4-. The van der Waals surface area contributed by atoms with Crippen LogP contribution in [0.25, 0.3) is 0 Å². The van der Waals surface area contributed by atoms with E-state index in [1.54, 1.807) is 0 Å². The third kappa shape index (κ3) is 5.64. The van der Waals surface area contributed by atoms with Crippen molar-refractivity contribution in [1.82, 2.24) is 0 Å². The molecule has 3 aliphatic rings. The Kier molecular flexibility index (Phi) is 8.12.